The molecule has 3 aromatic heterocycles. The third-order valence-corrected chi connectivity index (χ3v) is 5.18. The molecule has 3 aromatic rings. The van der Waals surface area contributed by atoms with E-state index in [0.29, 0.717) is 34.2 Å². The van der Waals surface area contributed by atoms with E-state index in [4.69, 9.17) is 10.3 Å². The van der Waals surface area contributed by atoms with Crippen LogP contribution in [0.4, 0.5) is 0 Å². The summed E-state index contributed by atoms with van der Waals surface area (Å²) in [7, 11) is 1.78. The summed E-state index contributed by atoms with van der Waals surface area (Å²) in [4.78, 5) is 21.5. The Bertz CT molecular complexity index is 1010. The Hall–Kier alpha value is -2.48. The van der Waals surface area contributed by atoms with E-state index in [0.717, 1.165) is 37.8 Å². The zero-order chi connectivity index (χ0) is 16.5. The number of aromatic nitrogens is 5. The SMILES string of the molecule is Cn1[nH]c(=O)c2c(-c3nc(C4(N)CCC4)no3)cc(C3CC3)nc21. The highest BCUT2D eigenvalue weighted by atomic mass is 16.5. The average Bonchev–Trinajstić information content (AvgIpc) is 3.20. The number of nitrogens with one attached hydrogen (secondary N) is 1. The van der Waals surface area contributed by atoms with Crippen LogP contribution < -0.4 is 11.3 Å². The van der Waals surface area contributed by atoms with Crippen molar-refractivity contribution in [2.45, 2.75) is 43.6 Å². The molecule has 0 saturated heterocycles. The van der Waals surface area contributed by atoms with Crippen LogP contribution in [-0.4, -0.2) is 24.9 Å². The van der Waals surface area contributed by atoms with Gasteiger partial charge in [0.15, 0.2) is 11.5 Å². The van der Waals surface area contributed by atoms with Crippen LogP contribution in [0.2, 0.25) is 0 Å². The maximum atomic E-state index is 12.3. The number of pyridine rings is 1. The lowest BCUT2D eigenvalue weighted by Crippen LogP contribution is -2.44. The molecule has 2 aliphatic rings. The summed E-state index contributed by atoms with van der Waals surface area (Å²) in [6, 6.07) is 1.91. The fourth-order valence-corrected chi connectivity index (χ4v) is 3.35. The fourth-order valence-electron chi connectivity index (χ4n) is 3.35. The van der Waals surface area contributed by atoms with Gasteiger partial charge in [0.25, 0.3) is 11.4 Å². The third-order valence-electron chi connectivity index (χ3n) is 5.18. The molecular weight excluding hydrogens is 308 g/mol. The molecule has 2 fully saturated rings. The molecule has 24 heavy (non-hydrogen) atoms. The fraction of sp³-hybridized carbons (Fsp3) is 0.500. The zero-order valence-corrected chi connectivity index (χ0v) is 13.4. The van der Waals surface area contributed by atoms with Gasteiger partial charge < -0.3 is 10.3 Å². The number of nitrogens with zero attached hydrogens (tertiary/aromatic N) is 4. The third kappa shape index (κ3) is 1.89. The number of hydrogen-bond donors (Lipinski definition) is 2. The molecule has 8 nitrogen and oxygen atoms in total. The van der Waals surface area contributed by atoms with E-state index in [-0.39, 0.29) is 5.56 Å². The Kier molecular flexibility index (Phi) is 2.63. The van der Waals surface area contributed by atoms with Crippen molar-refractivity contribution in [1.29, 1.82) is 0 Å². The van der Waals surface area contributed by atoms with Crippen LogP contribution in [0.5, 0.6) is 0 Å². The van der Waals surface area contributed by atoms with Crippen LogP contribution in [0.25, 0.3) is 22.5 Å². The summed E-state index contributed by atoms with van der Waals surface area (Å²) in [5.74, 6) is 1.31. The van der Waals surface area contributed by atoms with Gasteiger partial charge in [-0.25, -0.2) is 4.98 Å². The van der Waals surface area contributed by atoms with Crippen molar-refractivity contribution in [2.24, 2.45) is 12.8 Å². The van der Waals surface area contributed by atoms with E-state index >= 15 is 0 Å². The van der Waals surface area contributed by atoms with Crippen LogP contribution in [0.3, 0.4) is 0 Å². The van der Waals surface area contributed by atoms with Gasteiger partial charge in [0, 0.05) is 18.7 Å². The minimum absolute atomic E-state index is 0.205. The molecule has 0 aromatic carbocycles. The van der Waals surface area contributed by atoms with E-state index < -0.39 is 5.54 Å². The second-order valence-electron chi connectivity index (χ2n) is 7.00. The Morgan fingerprint density at radius 2 is 2.17 bits per heavy atom. The predicted octanol–water partition coefficient (Wildman–Crippen LogP) is 1.53. The van der Waals surface area contributed by atoms with Crippen LogP contribution in [0, 0.1) is 0 Å². The standard InChI is InChI=1S/C16H18N6O2/c1-22-12-11(13(23)20-22)9(7-10(18-12)8-3-4-8)14-19-15(21-24-14)16(17)5-2-6-16/h7-8H,2-6,17H2,1H3,(H,20,23). The van der Waals surface area contributed by atoms with Crippen molar-refractivity contribution in [3.63, 3.8) is 0 Å². The van der Waals surface area contributed by atoms with Gasteiger partial charge >= 0.3 is 0 Å². The van der Waals surface area contributed by atoms with E-state index in [2.05, 4.69) is 20.2 Å². The van der Waals surface area contributed by atoms with Gasteiger partial charge in [-0.3, -0.25) is 14.6 Å². The molecule has 0 radical (unpaired) electrons. The van der Waals surface area contributed by atoms with Crippen LogP contribution in [-0.2, 0) is 12.6 Å². The average molecular weight is 326 g/mol. The molecule has 0 amide bonds. The lowest BCUT2D eigenvalue weighted by Gasteiger charge is -2.34. The van der Waals surface area contributed by atoms with Crippen LogP contribution >= 0.6 is 0 Å². The summed E-state index contributed by atoms with van der Waals surface area (Å²) < 4.78 is 7.11. The minimum Gasteiger partial charge on any atom is -0.334 e. The summed E-state index contributed by atoms with van der Waals surface area (Å²) in [5, 5.41) is 7.31. The molecule has 0 bridgehead atoms. The van der Waals surface area contributed by atoms with Crippen molar-refractivity contribution >= 4 is 11.0 Å². The number of H-pyrrole nitrogens is 1. The number of aryl methyl sites for hydroxylation is 1. The molecule has 0 atom stereocenters. The smallest absolute Gasteiger partial charge is 0.274 e. The molecule has 3 N–H and O–H groups in total. The van der Waals surface area contributed by atoms with Crippen molar-refractivity contribution in [1.82, 2.24) is 24.9 Å². The quantitative estimate of drug-likeness (QED) is 0.754. The Balaban J connectivity index is 1.72. The maximum Gasteiger partial charge on any atom is 0.274 e. The highest BCUT2D eigenvalue weighted by Gasteiger charge is 2.39. The first-order valence-electron chi connectivity index (χ1n) is 8.28. The molecule has 0 unspecified atom stereocenters. The second-order valence-corrected chi connectivity index (χ2v) is 7.00. The molecule has 8 heteroatoms. The molecule has 5 rings (SSSR count). The van der Waals surface area contributed by atoms with Gasteiger partial charge in [-0.1, -0.05) is 5.16 Å². The molecule has 3 heterocycles. The lowest BCUT2D eigenvalue weighted by molar-refractivity contribution is 0.229. The Morgan fingerprint density at radius 3 is 2.83 bits per heavy atom. The zero-order valence-electron chi connectivity index (χ0n) is 13.4. The van der Waals surface area contributed by atoms with Gasteiger partial charge in [-0.05, 0) is 38.2 Å². The Labute approximate surface area is 137 Å². The summed E-state index contributed by atoms with van der Waals surface area (Å²) in [6.07, 6.45) is 5.03. The number of hydrogen-bond acceptors (Lipinski definition) is 6. The van der Waals surface area contributed by atoms with Crippen LogP contribution in [0.1, 0.15) is 49.5 Å². The first-order chi connectivity index (χ1) is 11.5. The van der Waals surface area contributed by atoms with Crippen LogP contribution in [0.15, 0.2) is 15.4 Å². The normalized spacial score (nSPS) is 19.6. The number of aromatic amines is 1. The summed E-state index contributed by atoms with van der Waals surface area (Å²) in [5.41, 5.74) is 7.82. The number of fused-ring (bicyclic) bond motifs is 1. The Morgan fingerprint density at radius 1 is 1.38 bits per heavy atom. The molecule has 2 saturated carbocycles. The highest BCUT2D eigenvalue weighted by Crippen LogP contribution is 2.42. The van der Waals surface area contributed by atoms with E-state index in [1.54, 1.807) is 11.7 Å². The molecule has 2 aliphatic carbocycles. The summed E-state index contributed by atoms with van der Waals surface area (Å²) in [6.45, 7) is 0. The molecule has 0 aliphatic heterocycles. The second kappa shape index (κ2) is 4.54. The van der Waals surface area contributed by atoms with Gasteiger partial charge in [0.1, 0.15) is 0 Å². The van der Waals surface area contributed by atoms with Gasteiger partial charge in [-0.2, -0.15) is 4.98 Å². The lowest BCUT2D eigenvalue weighted by atomic mass is 9.77. The van der Waals surface area contributed by atoms with Gasteiger partial charge in [0.2, 0.25) is 0 Å². The van der Waals surface area contributed by atoms with Gasteiger partial charge in [0.05, 0.1) is 16.5 Å². The number of rotatable bonds is 3. The first kappa shape index (κ1) is 13.9. The van der Waals surface area contributed by atoms with Gasteiger partial charge in [-0.15, -0.1) is 0 Å². The first-order valence-corrected chi connectivity index (χ1v) is 8.28. The minimum atomic E-state index is -0.490. The highest BCUT2D eigenvalue weighted by molar-refractivity contribution is 5.90. The largest absolute Gasteiger partial charge is 0.334 e. The van der Waals surface area contributed by atoms with Crippen molar-refractivity contribution in [3.8, 4) is 11.5 Å². The molecule has 124 valence electrons. The monoisotopic (exact) mass is 326 g/mol. The van der Waals surface area contributed by atoms with Crippen molar-refractivity contribution < 1.29 is 4.52 Å². The van der Waals surface area contributed by atoms with E-state index in [9.17, 15) is 4.79 Å². The van der Waals surface area contributed by atoms with E-state index in [1.807, 2.05) is 6.07 Å². The maximum absolute atomic E-state index is 12.3. The summed E-state index contributed by atoms with van der Waals surface area (Å²) >= 11 is 0. The predicted molar refractivity (Wildman–Crippen MR) is 86.3 cm³/mol. The van der Waals surface area contributed by atoms with Crippen molar-refractivity contribution in [3.05, 3.63) is 27.9 Å². The van der Waals surface area contributed by atoms with E-state index in [1.165, 1.54) is 0 Å². The molecular formula is C16H18N6O2. The number of nitrogens with two attached hydrogens (primary N) is 1. The molecule has 0 spiro atoms. The van der Waals surface area contributed by atoms with Crippen molar-refractivity contribution in [2.75, 3.05) is 0 Å². The topological polar surface area (TPSA) is 116 Å².